The molecule has 25 heavy (non-hydrogen) atoms. The molecule has 1 atom stereocenters. The molecule has 0 saturated carbocycles. The summed E-state index contributed by atoms with van der Waals surface area (Å²) in [4.78, 5) is 10.5. The van der Waals surface area contributed by atoms with Crippen LogP contribution in [0.3, 0.4) is 0 Å². The minimum absolute atomic E-state index is 0.169. The van der Waals surface area contributed by atoms with Gasteiger partial charge < -0.3 is 9.47 Å². The van der Waals surface area contributed by atoms with Crippen LogP contribution in [0.1, 0.15) is 24.2 Å². The highest BCUT2D eigenvalue weighted by molar-refractivity contribution is 5.66. The summed E-state index contributed by atoms with van der Waals surface area (Å²) in [6.45, 7) is 3.14. The summed E-state index contributed by atoms with van der Waals surface area (Å²) < 4.78 is 10.9. The van der Waals surface area contributed by atoms with Gasteiger partial charge in [0.2, 0.25) is 6.79 Å². The smallest absolute Gasteiger partial charge is 0.231 e. The van der Waals surface area contributed by atoms with Crippen LogP contribution in [-0.2, 0) is 6.54 Å². The molecule has 4 rings (SSSR count). The molecule has 1 aromatic carbocycles. The first kappa shape index (κ1) is 15.6. The number of aromatic amines is 1. The number of benzene rings is 1. The lowest BCUT2D eigenvalue weighted by Gasteiger charge is -2.24. The standard InChI is InChI=1S/C18H19N5O2/c1-12(15-5-6-19-10-20-15)23(2)9-14-8-21-22-18(14)13-3-4-16-17(7-13)25-11-24-16/h3-8,10,12H,9,11H2,1-2H3,(H,21,22)/t12-/m1/s1. The van der Waals surface area contributed by atoms with Gasteiger partial charge in [0.05, 0.1) is 17.6 Å². The molecule has 7 nitrogen and oxygen atoms in total. The molecule has 128 valence electrons. The molecule has 7 heteroatoms. The Morgan fingerprint density at radius 1 is 1.24 bits per heavy atom. The number of rotatable bonds is 5. The zero-order valence-electron chi connectivity index (χ0n) is 14.1. The van der Waals surface area contributed by atoms with Crippen molar-refractivity contribution < 1.29 is 9.47 Å². The predicted molar refractivity (Wildman–Crippen MR) is 92.1 cm³/mol. The molecule has 3 aromatic rings. The van der Waals surface area contributed by atoms with Gasteiger partial charge in [-0.15, -0.1) is 0 Å². The van der Waals surface area contributed by atoms with Crippen LogP contribution in [0.4, 0.5) is 0 Å². The Balaban J connectivity index is 1.56. The zero-order valence-corrected chi connectivity index (χ0v) is 14.1. The topological polar surface area (TPSA) is 76.2 Å². The van der Waals surface area contributed by atoms with Crippen LogP contribution in [0, 0.1) is 0 Å². The minimum atomic E-state index is 0.169. The number of H-pyrrole nitrogens is 1. The fraction of sp³-hybridized carbons (Fsp3) is 0.278. The number of nitrogens with one attached hydrogen (secondary N) is 1. The first-order valence-corrected chi connectivity index (χ1v) is 8.11. The van der Waals surface area contributed by atoms with E-state index < -0.39 is 0 Å². The van der Waals surface area contributed by atoms with Crippen molar-refractivity contribution in [2.45, 2.75) is 19.5 Å². The van der Waals surface area contributed by atoms with Gasteiger partial charge in [0, 0.05) is 29.9 Å². The minimum Gasteiger partial charge on any atom is -0.454 e. The summed E-state index contributed by atoms with van der Waals surface area (Å²) in [6, 6.07) is 8.03. The molecule has 3 heterocycles. The van der Waals surface area contributed by atoms with Crippen LogP contribution in [0.25, 0.3) is 11.3 Å². The second-order valence-corrected chi connectivity index (χ2v) is 6.06. The van der Waals surface area contributed by atoms with Gasteiger partial charge in [0.1, 0.15) is 6.33 Å². The Morgan fingerprint density at radius 3 is 2.96 bits per heavy atom. The Morgan fingerprint density at radius 2 is 2.12 bits per heavy atom. The number of aromatic nitrogens is 4. The van der Waals surface area contributed by atoms with E-state index in [1.54, 1.807) is 12.5 Å². The van der Waals surface area contributed by atoms with Gasteiger partial charge >= 0.3 is 0 Å². The van der Waals surface area contributed by atoms with Crippen LogP contribution >= 0.6 is 0 Å². The third kappa shape index (κ3) is 3.06. The highest BCUT2D eigenvalue weighted by Gasteiger charge is 2.19. The molecule has 0 spiro atoms. The molecule has 0 fully saturated rings. The van der Waals surface area contributed by atoms with Crippen molar-refractivity contribution in [3.05, 3.63) is 54.2 Å². The van der Waals surface area contributed by atoms with Crippen molar-refractivity contribution in [2.75, 3.05) is 13.8 Å². The molecular formula is C18H19N5O2. The van der Waals surface area contributed by atoms with Crippen LogP contribution in [0.15, 0.2) is 43.0 Å². The third-order valence-corrected chi connectivity index (χ3v) is 4.49. The number of ether oxygens (including phenoxy) is 2. The lowest BCUT2D eigenvalue weighted by Crippen LogP contribution is -2.22. The molecule has 1 N–H and O–H groups in total. The predicted octanol–water partition coefficient (Wildman–Crippen LogP) is 2.79. The first-order chi connectivity index (χ1) is 12.2. The lowest BCUT2D eigenvalue weighted by molar-refractivity contribution is 0.174. The Hall–Kier alpha value is -2.93. The molecular weight excluding hydrogens is 318 g/mol. The van der Waals surface area contributed by atoms with Crippen molar-refractivity contribution in [3.63, 3.8) is 0 Å². The van der Waals surface area contributed by atoms with Gasteiger partial charge in [-0.2, -0.15) is 5.10 Å². The highest BCUT2D eigenvalue weighted by atomic mass is 16.7. The van der Waals surface area contributed by atoms with Crippen molar-refractivity contribution in [3.8, 4) is 22.8 Å². The lowest BCUT2D eigenvalue weighted by atomic mass is 10.1. The molecule has 2 aromatic heterocycles. The van der Waals surface area contributed by atoms with E-state index in [0.717, 1.165) is 40.6 Å². The molecule has 0 radical (unpaired) electrons. The quantitative estimate of drug-likeness (QED) is 0.771. The molecule has 1 aliphatic rings. The molecule has 1 aliphatic heterocycles. The maximum atomic E-state index is 5.47. The van der Waals surface area contributed by atoms with Crippen molar-refractivity contribution in [1.82, 2.24) is 25.1 Å². The average molecular weight is 337 g/mol. The van der Waals surface area contributed by atoms with Crippen molar-refractivity contribution in [1.29, 1.82) is 0 Å². The van der Waals surface area contributed by atoms with Crippen LogP contribution in [0.2, 0.25) is 0 Å². The number of nitrogens with zero attached hydrogens (tertiary/aromatic N) is 4. The second kappa shape index (κ2) is 6.52. The molecule has 0 aliphatic carbocycles. The maximum absolute atomic E-state index is 5.47. The molecule has 0 unspecified atom stereocenters. The Bertz CT molecular complexity index is 865. The van der Waals surface area contributed by atoms with E-state index in [1.165, 1.54) is 0 Å². The van der Waals surface area contributed by atoms with Gasteiger partial charge in [-0.05, 0) is 38.2 Å². The fourth-order valence-electron chi connectivity index (χ4n) is 2.91. The molecule has 0 saturated heterocycles. The molecule has 0 bridgehead atoms. The highest BCUT2D eigenvalue weighted by Crippen LogP contribution is 2.36. The molecule has 0 amide bonds. The van der Waals surface area contributed by atoms with E-state index in [-0.39, 0.29) is 12.8 Å². The summed E-state index contributed by atoms with van der Waals surface area (Å²) in [6.07, 6.45) is 5.21. The summed E-state index contributed by atoms with van der Waals surface area (Å²) >= 11 is 0. The Kier molecular flexibility index (Phi) is 4.07. The Labute approximate surface area is 145 Å². The van der Waals surface area contributed by atoms with E-state index in [4.69, 9.17) is 9.47 Å². The average Bonchev–Trinajstić information content (AvgIpc) is 3.30. The third-order valence-electron chi connectivity index (χ3n) is 4.49. The van der Waals surface area contributed by atoms with Crippen LogP contribution in [-0.4, -0.2) is 38.9 Å². The van der Waals surface area contributed by atoms with Gasteiger partial charge in [0.25, 0.3) is 0 Å². The zero-order chi connectivity index (χ0) is 17.2. The van der Waals surface area contributed by atoms with E-state index in [0.29, 0.717) is 0 Å². The summed E-state index contributed by atoms with van der Waals surface area (Å²) in [5.74, 6) is 1.54. The SMILES string of the molecule is C[C@H](c1ccncn1)N(C)Cc1cn[nH]c1-c1ccc2c(c1)OCO2. The maximum Gasteiger partial charge on any atom is 0.231 e. The largest absolute Gasteiger partial charge is 0.454 e. The van der Waals surface area contributed by atoms with Crippen LogP contribution < -0.4 is 9.47 Å². The van der Waals surface area contributed by atoms with E-state index in [1.807, 2.05) is 30.5 Å². The van der Waals surface area contributed by atoms with Crippen LogP contribution in [0.5, 0.6) is 11.5 Å². The van der Waals surface area contributed by atoms with Gasteiger partial charge in [-0.1, -0.05) is 0 Å². The van der Waals surface area contributed by atoms with Gasteiger partial charge in [-0.25, -0.2) is 9.97 Å². The van der Waals surface area contributed by atoms with Gasteiger partial charge in [0.15, 0.2) is 11.5 Å². The summed E-state index contributed by atoms with van der Waals surface area (Å²) in [5, 5.41) is 7.33. The van der Waals surface area contributed by atoms with Crippen molar-refractivity contribution in [2.24, 2.45) is 0 Å². The number of hydrogen-bond acceptors (Lipinski definition) is 6. The fourth-order valence-corrected chi connectivity index (χ4v) is 2.91. The monoisotopic (exact) mass is 337 g/mol. The summed E-state index contributed by atoms with van der Waals surface area (Å²) in [7, 11) is 2.07. The van der Waals surface area contributed by atoms with Gasteiger partial charge in [-0.3, -0.25) is 10.00 Å². The summed E-state index contributed by atoms with van der Waals surface area (Å²) in [5.41, 5.74) is 4.12. The van der Waals surface area contributed by atoms with E-state index >= 15 is 0 Å². The van der Waals surface area contributed by atoms with Crippen molar-refractivity contribution >= 4 is 0 Å². The first-order valence-electron chi connectivity index (χ1n) is 8.11. The van der Waals surface area contributed by atoms with E-state index in [9.17, 15) is 0 Å². The second-order valence-electron chi connectivity index (χ2n) is 6.06. The number of hydrogen-bond donors (Lipinski definition) is 1. The van der Waals surface area contributed by atoms with E-state index in [2.05, 4.69) is 39.0 Å². The normalized spacial score (nSPS) is 14.0. The number of fused-ring (bicyclic) bond motifs is 1.